The van der Waals surface area contributed by atoms with Crippen molar-refractivity contribution in [2.45, 2.75) is 20.3 Å². The average molecular weight is 231 g/mol. The van der Waals surface area contributed by atoms with Crippen molar-refractivity contribution in [3.8, 4) is 0 Å². The van der Waals surface area contributed by atoms with Crippen molar-refractivity contribution in [2.75, 3.05) is 20.1 Å². The summed E-state index contributed by atoms with van der Waals surface area (Å²) < 4.78 is 0. The summed E-state index contributed by atoms with van der Waals surface area (Å²) in [5.74, 6) is 1.89. The van der Waals surface area contributed by atoms with Crippen LogP contribution < -0.4 is 0 Å². The molecule has 0 heterocycles. The van der Waals surface area contributed by atoms with E-state index in [1.165, 1.54) is 6.42 Å². The molecule has 0 aromatic heterocycles. The first-order valence-corrected chi connectivity index (χ1v) is 6.34. The van der Waals surface area contributed by atoms with Gasteiger partial charge in [0.25, 0.3) is 0 Å². The third-order valence-electron chi connectivity index (χ3n) is 3.58. The first-order chi connectivity index (χ1) is 8.06. The van der Waals surface area contributed by atoms with E-state index in [0.717, 1.165) is 29.5 Å². The molecule has 2 rings (SSSR count). The second-order valence-corrected chi connectivity index (χ2v) is 5.46. The van der Waals surface area contributed by atoms with Gasteiger partial charge in [-0.25, -0.2) is 0 Å². The van der Waals surface area contributed by atoms with Gasteiger partial charge in [0.05, 0.1) is 6.54 Å². The molecular formula is C15H21NO. The van der Waals surface area contributed by atoms with E-state index in [1.807, 2.05) is 38.2 Å². The van der Waals surface area contributed by atoms with Crippen LogP contribution in [0.3, 0.4) is 0 Å². The second-order valence-electron chi connectivity index (χ2n) is 5.46. The molecule has 0 saturated heterocycles. The summed E-state index contributed by atoms with van der Waals surface area (Å²) in [6.45, 7) is 5.89. The highest BCUT2D eigenvalue weighted by atomic mass is 16.1. The van der Waals surface area contributed by atoms with E-state index in [9.17, 15) is 4.79 Å². The Bertz CT molecular complexity index is 413. The quantitative estimate of drug-likeness (QED) is 0.726. The molecule has 2 atom stereocenters. The van der Waals surface area contributed by atoms with Crippen LogP contribution in [0.2, 0.25) is 0 Å². The van der Waals surface area contributed by atoms with E-state index in [0.29, 0.717) is 6.54 Å². The summed E-state index contributed by atoms with van der Waals surface area (Å²) in [4.78, 5) is 14.2. The van der Waals surface area contributed by atoms with Gasteiger partial charge in [0.2, 0.25) is 0 Å². The molecule has 17 heavy (non-hydrogen) atoms. The Morgan fingerprint density at radius 2 is 2.18 bits per heavy atom. The predicted molar refractivity (Wildman–Crippen MR) is 70.3 cm³/mol. The Morgan fingerprint density at radius 1 is 1.47 bits per heavy atom. The Balaban J connectivity index is 1.88. The molecule has 1 aliphatic rings. The first-order valence-electron chi connectivity index (χ1n) is 6.34. The summed E-state index contributed by atoms with van der Waals surface area (Å²) in [7, 11) is 2.04. The topological polar surface area (TPSA) is 20.3 Å². The number of nitrogens with zero attached hydrogens (tertiary/aromatic N) is 1. The van der Waals surface area contributed by atoms with Crippen LogP contribution in [-0.4, -0.2) is 30.8 Å². The molecule has 0 radical (unpaired) electrons. The molecule has 2 nitrogen and oxygen atoms in total. The molecule has 0 N–H and O–H groups in total. The van der Waals surface area contributed by atoms with Crippen molar-refractivity contribution in [2.24, 2.45) is 11.8 Å². The average Bonchev–Trinajstić information content (AvgIpc) is 2.93. The SMILES string of the molecule is Cc1cccc(C(=O)CN(C)CC2CC2C)c1. The largest absolute Gasteiger partial charge is 0.299 e. The van der Waals surface area contributed by atoms with Crippen molar-refractivity contribution in [3.05, 3.63) is 35.4 Å². The van der Waals surface area contributed by atoms with Crippen LogP contribution in [0.25, 0.3) is 0 Å². The molecular weight excluding hydrogens is 210 g/mol. The molecule has 1 aromatic carbocycles. The fourth-order valence-corrected chi connectivity index (χ4v) is 2.27. The van der Waals surface area contributed by atoms with Gasteiger partial charge in [0, 0.05) is 12.1 Å². The lowest BCUT2D eigenvalue weighted by atomic mass is 10.1. The molecule has 1 saturated carbocycles. The molecule has 2 heteroatoms. The molecule has 92 valence electrons. The number of carbonyl (C=O) groups excluding carboxylic acids is 1. The summed E-state index contributed by atoms with van der Waals surface area (Å²) >= 11 is 0. The molecule has 0 aliphatic heterocycles. The van der Waals surface area contributed by atoms with Gasteiger partial charge in [-0.05, 0) is 38.3 Å². The van der Waals surface area contributed by atoms with Gasteiger partial charge in [0.1, 0.15) is 0 Å². The maximum Gasteiger partial charge on any atom is 0.176 e. The Morgan fingerprint density at radius 3 is 2.76 bits per heavy atom. The fraction of sp³-hybridized carbons (Fsp3) is 0.533. The number of Topliss-reactive ketones (excluding diaryl/α,β-unsaturated/α-hetero) is 1. The van der Waals surface area contributed by atoms with Crippen LogP contribution >= 0.6 is 0 Å². The number of carbonyl (C=O) groups is 1. The van der Waals surface area contributed by atoms with Crippen LogP contribution in [0, 0.1) is 18.8 Å². The van der Waals surface area contributed by atoms with Crippen molar-refractivity contribution >= 4 is 5.78 Å². The van der Waals surface area contributed by atoms with E-state index < -0.39 is 0 Å². The van der Waals surface area contributed by atoms with Crippen LogP contribution in [0.5, 0.6) is 0 Å². The number of benzene rings is 1. The number of rotatable bonds is 5. The zero-order chi connectivity index (χ0) is 12.4. The van der Waals surface area contributed by atoms with Gasteiger partial charge in [0.15, 0.2) is 5.78 Å². The van der Waals surface area contributed by atoms with Crippen LogP contribution in [0.1, 0.15) is 29.3 Å². The Labute approximate surface area is 104 Å². The smallest absolute Gasteiger partial charge is 0.176 e. The highest BCUT2D eigenvalue weighted by Crippen LogP contribution is 2.37. The molecule has 2 unspecified atom stereocenters. The minimum absolute atomic E-state index is 0.226. The number of ketones is 1. The lowest BCUT2D eigenvalue weighted by Crippen LogP contribution is -2.28. The summed E-state index contributed by atoms with van der Waals surface area (Å²) in [5, 5.41) is 0. The van der Waals surface area contributed by atoms with Crippen molar-refractivity contribution in [3.63, 3.8) is 0 Å². The van der Waals surface area contributed by atoms with E-state index in [4.69, 9.17) is 0 Å². The zero-order valence-corrected chi connectivity index (χ0v) is 10.9. The number of hydrogen-bond acceptors (Lipinski definition) is 2. The van der Waals surface area contributed by atoms with E-state index in [2.05, 4.69) is 11.8 Å². The maximum atomic E-state index is 12.0. The normalized spacial score (nSPS) is 22.8. The van der Waals surface area contributed by atoms with Gasteiger partial charge in [-0.1, -0.05) is 30.7 Å². The van der Waals surface area contributed by atoms with Crippen molar-refractivity contribution < 1.29 is 4.79 Å². The molecule has 1 aromatic rings. The highest BCUT2D eigenvalue weighted by molar-refractivity contribution is 5.97. The monoisotopic (exact) mass is 231 g/mol. The number of hydrogen-bond donors (Lipinski definition) is 0. The van der Waals surface area contributed by atoms with Gasteiger partial charge < -0.3 is 0 Å². The molecule has 0 bridgehead atoms. The second kappa shape index (κ2) is 5.01. The first kappa shape index (κ1) is 12.3. The lowest BCUT2D eigenvalue weighted by molar-refractivity contribution is 0.0943. The number of likely N-dealkylation sites (N-methyl/N-ethyl adjacent to an activating group) is 1. The van der Waals surface area contributed by atoms with Crippen molar-refractivity contribution in [1.82, 2.24) is 4.90 Å². The van der Waals surface area contributed by atoms with Crippen LogP contribution in [0.15, 0.2) is 24.3 Å². The highest BCUT2D eigenvalue weighted by Gasteiger charge is 2.33. The van der Waals surface area contributed by atoms with E-state index in [-0.39, 0.29) is 5.78 Å². The van der Waals surface area contributed by atoms with Gasteiger partial charge in [-0.3, -0.25) is 9.69 Å². The zero-order valence-electron chi connectivity index (χ0n) is 10.9. The van der Waals surface area contributed by atoms with Gasteiger partial charge in [-0.15, -0.1) is 0 Å². The summed E-state index contributed by atoms with van der Waals surface area (Å²) in [6, 6.07) is 7.84. The number of aryl methyl sites for hydroxylation is 1. The molecule has 1 fully saturated rings. The standard InChI is InChI=1S/C15H21NO/c1-11-5-4-6-13(7-11)15(17)10-16(3)9-14-8-12(14)2/h4-7,12,14H,8-10H2,1-3H3. The predicted octanol–water partition coefficient (Wildman–Crippen LogP) is 2.77. The third-order valence-corrected chi connectivity index (χ3v) is 3.58. The van der Waals surface area contributed by atoms with Crippen molar-refractivity contribution in [1.29, 1.82) is 0 Å². The molecule has 0 amide bonds. The Kier molecular flexibility index (Phi) is 3.63. The maximum absolute atomic E-state index is 12.0. The van der Waals surface area contributed by atoms with Gasteiger partial charge >= 0.3 is 0 Å². The third kappa shape index (κ3) is 3.40. The molecule has 1 aliphatic carbocycles. The summed E-state index contributed by atoms with van der Waals surface area (Å²) in [6.07, 6.45) is 1.32. The van der Waals surface area contributed by atoms with Crippen LogP contribution in [-0.2, 0) is 0 Å². The Hall–Kier alpha value is -1.15. The minimum atomic E-state index is 0.226. The van der Waals surface area contributed by atoms with Gasteiger partial charge in [-0.2, -0.15) is 0 Å². The lowest BCUT2D eigenvalue weighted by Gasteiger charge is -2.15. The van der Waals surface area contributed by atoms with E-state index >= 15 is 0 Å². The molecule has 0 spiro atoms. The van der Waals surface area contributed by atoms with E-state index in [1.54, 1.807) is 0 Å². The minimum Gasteiger partial charge on any atom is -0.299 e. The summed E-state index contributed by atoms with van der Waals surface area (Å²) in [5.41, 5.74) is 1.98. The van der Waals surface area contributed by atoms with Crippen LogP contribution in [0.4, 0.5) is 0 Å². The fourth-order valence-electron chi connectivity index (χ4n) is 2.27.